The van der Waals surface area contributed by atoms with E-state index in [4.69, 9.17) is 18.6 Å². The van der Waals surface area contributed by atoms with Gasteiger partial charge in [-0.05, 0) is 89.4 Å². The highest BCUT2D eigenvalue weighted by Gasteiger charge is 2.26. The number of aromatic nitrogens is 1. The molecule has 0 aliphatic heterocycles. The molecule has 0 atom stereocenters. The van der Waals surface area contributed by atoms with Crippen molar-refractivity contribution in [3.05, 3.63) is 87.0 Å². The van der Waals surface area contributed by atoms with E-state index in [1.165, 1.54) is 0 Å². The third kappa shape index (κ3) is 6.62. The summed E-state index contributed by atoms with van der Waals surface area (Å²) in [6.45, 7) is 13.2. The van der Waals surface area contributed by atoms with Crippen LogP contribution in [0, 0.1) is 20.8 Å². The minimum absolute atomic E-state index is 0.149. The van der Waals surface area contributed by atoms with Crippen LogP contribution < -0.4 is 15.1 Å². The van der Waals surface area contributed by atoms with Crippen molar-refractivity contribution in [1.82, 2.24) is 4.98 Å². The molecule has 9 nitrogen and oxygen atoms in total. The summed E-state index contributed by atoms with van der Waals surface area (Å²) in [5.41, 5.74) is 4.61. The Morgan fingerprint density at radius 1 is 1.00 bits per heavy atom. The maximum atomic E-state index is 13.6. The minimum atomic E-state index is -0.718. The fourth-order valence-corrected chi connectivity index (χ4v) is 4.68. The standard InChI is InChI=1S/C33H36N2O7/c1-9-40-31(37)29-16-27(36)25-15-22(10-11-28(25)41-29)23-12-19(2)13-24(14-23)35(32(38)42-33(5,6)7)18-26-21(4)30(39-8)20(3)17-34-26/h10-17H,9,18H2,1-8H3. The second-order valence-corrected chi connectivity index (χ2v) is 11.1. The molecule has 0 spiro atoms. The van der Waals surface area contributed by atoms with Crippen molar-refractivity contribution in [3.8, 4) is 16.9 Å². The van der Waals surface area contributed by atoms with Crippen molar-refractivity contribution in [3.63, 3.8) is 0 Å². The number of aryl methyl sites for hydroxylation is 2. The SMILES string of the molecule is CCOC(=O)c1cc(=O)c2cc(-c3cc(C)cc(N(Cc4ncc(C)c(OC)c4C)C(=O)OC(C)(C)C)c3)ccc2o1. The molecule has 0 aliphatic carbocycles. The number of nitrogens with zero attached hydrogens (tertiary/aromatic N) is 2. The Morgan fingerprint density at radius 3 is 2.40 bits per heavy atom. The third-order valence-corrected chi connectivity index (χ3v) is 6.58. The Bertz CT molecular complexity index is 1720. The van der Waals surface area contributed by atoms with Crippen molar-refractivity contribution in [2.75, 3.05) is 18.6 Å². The van der Waals surface area contributed by atoms with Crippen molar-refractivity contribution >= 4 is 28.7 Å². The number of fused-ring (bicyclic) bond motifs is 1. The number of esters is 1. The van der Waals surface area contributed by atoms with Crippen molar-refractivity contribution in [2.45, 2.75) is 60.6 Å². The zero-order valence-corrected chi connectivity index (χ0v) is 25.3. The highest BCUT2D eigenvalue weighted by molar-refractivity contribution is 5.92. The molecular formula is C33H36N2O7. The van der Waals surface area contributed by atoms with Gasteiger partial charge in [-0.25, -0.2) is 9.59 Å². The number of amides is 1. The van der Waals surface area contributed by atoms with Gasteiger partial charge in [-0.1, -0.05) is 12.1 Å². The molecule has 4 rings (SSSR count). The van der Waals surface area contributed by atoms with E-state index >= 15 is 0 Å². The van der Waals surface area contributed by atoms with Gasteiger partial charge in [0.15, 0.2) is 5.43 Å². The van der Waals surface area contributed by atoms with Gasteiger partial charge in [0, 0.05) is 29.1 Å². The van der Waals surface area contributed by atoms with Crippen LogP contribution in [0.25, 0.3) is 22.1 Å². The number of rotatable bonds is 7. The fraction of sp³-hybridized carbons (Fsp3) is 0.333. The summed E-state index contributed by atoms with van der Waals surface area (Å²) in [6, 6.07) is 12.0. The zero-order chi connectivity index (χ0) is 30.8. The van der Waals surface area contributed by atoms with Gasteiger partial charge in [0.1, 0.15) is 16.9 Å². The van der Waals surface area contributed by atoms with Gasteiger partial charge in [0.05, 0.1) is 31.3 Å². The van der Waals surface area contributed by atoms with E-state index in [0.29, 0.717) is 16.8 Å². The topological polar surface area (TPSA) is 108 Å². The summed E-state index contributed by atoms with van der Waals surface area (Å²) < 4.78 is 22.0. The number of hydrogen-bond donors (Lipinski definition) is 0. The number of hydrogen-bond acceptors (Lipinski definition) is 8. The molecule has 0 unspecified atom stereocenters. The molecule has 2 aromatic carbocycles. The number of methoxy groups -OCH3 is 1. The zero-order valence-electron chi connectivity index (χ0n) is 25.3. The maximum absolute atomic E-state index is 13.6. The van der Waals surface area contributed by atoms with Crippen LogP contribution in [0.2, 0.25) is 0 Å². The van der Waals surface area contributed by atoms with Crippen LogP contribution in [0.15, 0.2) is 57.9 Å². The van der Waals surface area contributed by atoms with Gasteiger partial charge < -0.3 is 18.6 Å². The van der Waals surface area contributed by atoms with Crippen LogP contribution in [0.4, 0.5) is 10.5 Å². The summed E-state index contributed by atoms with van der Waals surface area (Å²) in [4.78, 5) is 44.7. The molecule has 2 aromatic heterocycles. The first-order valence-electron chi connectivity index (χ1n) is 13.7. The summed E-state index contributed by atoms with van der Waals surface area (Å²) in [6.07, 6.45) is 1.20. The van der Waals surface area contributed by atoms with E-state index in [2.05, 4.69) is 4.98 Å². The first kappa shape index (κ1) is 30.3. The van der Waals surface area contributed by atoms with Gasteiger partial charge in [-0.15, -0.1) is 0 Å². The average molecular weight is 573 g/mol. The van der Waals surface area contributed by atoms with Crippen LogP contribution >= 0.6 is 0 Å². The first-order chi connectivity index (χ1) is 19.8. The van der Waals surface area contributed by atoms with E-state index in [9.17, 15) is 14.4 Å². The van der Waals surface area contributed by atoms with Crippen LogP contribution in [0.5, 0.6) is 5.75 Å². The summed E-state index contributed by atoms with van der Waals surface area (Å²) in [5, 5.41) is 0.319. The van der Waals surface area contributed by atoms with Crippen LogP contribution in [0.1, 0.15) is 60.6 Å². The summed E-state index contributed by atoms with van der Waals surface area (Å²) in [5.74, 6) is -0.123. The highest BCUT2D eigenvalue weighted by Crippen LogP contribution is 2.32. The lowest BCUT2D eigenvalue weighted by molar-refractivity contribution is 0.0489. The lowest BCUT2D eigenvalue weighted by Gasteiger charge is -2.28. The van der Waals surface area contributed by atoms with E-state index in [0.717, 1.165) is 39.6 Å². The van der Waals surface area contributed by atoms with Gasteiger partial charge in [0.2, 0.25) is 5.76 Å². The average Bonchev–Trinajstić information content (AvgIpc) is 2.91. The lowest BCUT2D eigenvalue weighted by Crippen LogP contribution is -2.37. The molecule has 2 heterocycles. The lowest BCUT2D eigenvalue weighted by atomic mass is 10.00. The molecule has 0 saturated carbocycles. The van der Waals surface area contributed by atoms with Gasteiger partial charge in [0.25, 0.3) is 0 Å². The molecule has 0 N–H and O–H groups in total. The van der Waals surface area contributed by atoms with Crippen molar-refractivity contribution in [2.24, 2.45) is 0 Å². The molecule has 0 radical (unpaired) electrons. The van der Waals surface area contributed by atoms with Crippen LogP contribution in [0.3, 0.4) is 0 Å². The number of anilines is 1. The second-order valence-electron chi connectivity index (χ2n) is 11.1. The first-order valence-corrected chi connectivity index (χ1v) is 13.7. The number of benzene rings is 2. The van der Waals surface area contributed by atoms with E-state index < -0.39 is 17.7 Å². The molecule has 0 bridgehead atoms. The quantitative estimate of drug-likeness (QED) is 0.220. The maximum Gasteiger partial charge on any atom is 0.415 e. The summed E-state index contributed by atoms with van der Waals surface area (Å²) in [7, 11) is 1.61. The van der Waals surface area contributed by atoms with Crippen molar-refractivity contribution < 1.29 is 28.2 Å². The molecule has 1 amide bonds. The van der Waals surface area contributed by atoms with E-state index in [-0.39, 0.29) is 29.9 Å². The number of pyridine rings is 1. The summed E-state index contributed by atoms with van der Waals surface area (Å²) >= 11 is 0. The Hall–Kier alpha value is -4.66. The largest absolute Gasteiger partial charge is 0.496 e. The molecular weight excluding hydrogens is 536 g/mol. The Labute approximate surface area is 245 Å². The second kappa shape index (κ2) is 12.1. The smallest absolute Gasteiger partial charge is 0.415 e. The fourth-order valence-electron chi connectivity index (χ4n) is 4.68. The molecule has 0 saturated heterocycles. The van der Waals surface area contributed by atoms with Gasteiger partial charge in [-0.2, -0.15) is 0 Å². The van der Waals surface area contributed by atoms with Crippen LogP contribution in [-0.2, 0) is 16.0 Å². The third-order valence-electron chi connectivity index (χ3n) is 6.58. The predicted octanol–water partition coefficient (Wildman–Crippen LogP) is 6.91. The minimum Gasteiger partial charge on any atom is -0.496 e. The highest BCUT2D eigenvalue weighted by atomic mass is 16.6. The van der Waals surface area contributed by atoms with E-state index in [1.54, 1.807) is 43.3 Å². The number of carbonyl (C=O) groups is 2. The number of ether oxygens (including phenoxy) is 3. The van der Waals surface area contributed by atoms with Gasteiger partial charge >= 0.3 is 12.1 Å². The van der Waals surface area contributed by atoms with Gasteiger partial charge in [-0.3, -0.25) is 14.7 Å². The molecule has 9 heteroatoms. The predicted molar refractivity (Wildman–Crippen MR) is 161 cm³/mol. The number of carbonyl (C=O) groups excluding carboxylic acids is 2. The molecule has 0 fully saturated rings. The molecule has 4 aromatic rings. The van der Waals surface area contributed by atoms with Crippen molar-refractivity contribution in [1.29, 1.82) is 0 Å². The molecule has 220 valence electrons. The monoisotopic (exact) mass is 572 g/mol. The normalized spacial score (nSPS) is 11.3. The van der Waals surface area contributed by atoms with Crippen LogP contribution in [-0.4, -0.2) is 36.4 Å². The Kier molecular flexibility index (Phi) is 8.70. The van der Waals surface area contributed by atoms with E-state index in [1.807, 2.05) is 59.7 Å². The molecule has 42 heavy (non-hydrogen) atoms. The molecule has 0 aliphatic rings. The Balaban J connectivity index is 1.80. The Morgan fingerprint density at radius 2 is 1.74 bits per heavy atom.